The first-order valence-corrected chi connectivity index (χ1v) is 6.99. The van der Waals surface area contributed by atoms with E-state index in [1.807, 2.05) is 19.1 Å². The van der Waals surface area contributed by atoms with Gasteiger partial charge in [-0.1, -0.05) is 24.3 Å². The number of anilines is 1. The Hall–Kier alpha value is -2.47. The number of rotatable bonds is 2. The van der Waals surface area contributed by atoms with Gasteiger partial charge in [-0.15, -0.1) is 0 Å². The van der Waals surface area contributed by atoms with Crippen molar-refractivity contribution in [1.29, 1.82) is 0 Å². The Morgan fingerprint density at radius 2 is 1.91 bits per heavy atom. The zero-order chi connectivity index (χ0) is 15.6. The smallest absolute Gasteiger partial charge is 0.241 e. The Morgan fingerprint density at radius 3 is 2.50 bits per heavy atom. The molecule has 0 unspecified atom stereocenters. The maximum atomic E-state index is 12.7. The Labute approximate surface area is 126 Å². The molecule has 0 aliphatic carbocycles. The Morgan fingerprint density at radius 1 is 1.23 bits per heavy atom. The van der Waals surface area contributed by atoms with Gasteiger partial charge in [-0.05, 0) is 24.6 Å². The molecule has 3 aliphatic rings. The SMILES string of the molecule is C[C@@]12C=C[C@@H](O1)[C@H]1C(=O)N(c3ccc(C(=O)[O-])cc3)C(=O)[C@@H]12. The van der Waals surface area contributed by atoms with Crippen LogP contribution in [0.15, 0.2) is 36.4 Å². The third kappa shape index (κ3) is 1.50. The fourth-order valence-electron chi connectivity index (χ4n) is 3.65. The molecular formula is C16H12NO5-. The lowest BCUT2D eigenvalue weighted by Gasteiger charge is -2.24. The van der Waals surface area contributed by atoms with Gasteiger partial charge in [0.15, 0.2) is 0 Å². The summed E-state index contributed by atoms with van der Waals surface area (Å²) >= 11 is 0. The van der Waals surface area contributed by atoms with Gasteiger partial charge in [-0.3, -0.25) is 9.59 Å². The fourth-order valence-corrected chi connectivity index (χ4v) is 3.65. The molecule has 6 nitrogen and oxygen atoms in total. The number of hydrogen-bond donors (Lipinski definition) is 0. The van der Waals surface area contributed by atoms with Crippen molar-refractivity contribution in [2.75, 3.05) is 4.90 Å². The van der Waals surface area contributed by atoms with E-state index in [0.717, 1.165) is 4.90 Å². The number of amides is 2. The van der Waals surface area contributed by atoms with E-state index in [2.05, 4.69) is 0 Å². The van der Waals surface area contributed by atoms with Crippen LogP contribution in [0, 0.1) is 11.8 Å². The zero-order valence-electron chi connectivity index (χ0n) is 11.7. The molecule has 112 valence electrons. The predicted molar refractivity (Wildman–Crippen MR) is 72.7 cm³/mol. The lowest BCUT2D eigenvalue weighted by Crippen LogP contribution is -2.38. The molecule has 0 radical (unpaired) electrons. The van der Waals surface area contributed by atoms with Crippen LogP contribution < -0.4 is 10.0 Å². The van der Waals surface area contributed by atoms with E-state index in [-0.39, 0.29) is 23.5 Å². The number of hydrogen-bond acceptors (Lipinski definition) is 5. The van der Waals surface area contributed by atoms with Crippen molar-refractivity contribution in [2.24, 2.45) is 11.8 Å². The lowest BCUT2D eigenvalue weighted by atomic mass is 9.78. The molecule has 0 aromatic heterocycles. The second-order valence-electron chi connectivity index (χ2n) is 5.98. The maximum Gasteiger partial charge on any atom is 0.241 e. The number of carbonyl (C=O) groups excluding carboxylic acids is 3. The van der Waals surface area contributed by atoms with Gasteiger partial charge < -0.3 is 14.6 Å². The number of carbonyl (C=O) groups is 3. The van der Waals surface area contributed by atoms with E-state index in [4.69, 9.17) is 4.74 Å². The minimum absolute atomic E-state index is 0.0000651. The molecule has 3 aliphatic heterocycles. The summed E-state index contributed by atoms with van der Waals surface area (Å²) in [4.78, 5) is 37.2. The van der Waals surface area contributed by atoms with Crippen molar-refractivity contribution in [2.45, 2.75) is 18.6 Å². The highest BCUT2D eigenvalue weighted by molar-refractivity contribution is 6.23. The fraction of sp³-hybridized carbons (Fsp3) is 0.312. The number of benzene rings is 1. The highest BCUT2D eigenvalue weighted by atomic mass is 16.5. The molecule has 4 rings (SSSR count). The average Bonchev–Trinajstić information content (AvgIpc) is 3.08. The Kier molecular flexibility index (Phi) is 2.43. The number of nitrogens with zero attached hydrogens (tertiary/aromatic N) is 1. The van der Waals surface area contributed by atoms with Crippen LogP contribution in [-0.4, -0.2) is 29.5 Å². The number of aromatic carboxylic acids is 1. The third-order valence-corrected chi connectivity index (χ3v) is 4.69. The lowest BCUT2D eigenvalue weighted by molar-refractivity contribution is -0.255. The third-order valence-electron chi connectivity index (χ3n) is 4.69. The quantitative estimate of drug-likeness (QED) is 0.561. The first kappa shape index (κ1) is 13.2. The molecule has 2 saturated heterocycles. The van der Waals surface area contributed by atoms with E-state index < -0.39 is 23.4 Å². The van der Waals surface area contributed by atoms with Crippen LogP contribution in [0.5, 0.6) is 0 Å². The highest BCUT2D eigenvalue weighted by Crippen LogP contribution is 2.52. The van der Waals surface area contributed by atoms with Crippen LogP contribution in [0.25, 0.3) is 0 Å². The number of fused-ring (bicyclic) bond motifs is 5. The van der Waals surface area contributed by atoms with Crippen molar-refractivity contribution in [3.8, 4) is 0 Å². The summed E-state index contributed by atoms with van der Waals surface area (Å²) in [6.07, 6.45) is 3.31. The summed E-state index contributed by atoms with van der Waals surface area (Å²) in [5.74, 6) is -2.91. The van der Waals surface area contributed by atoms with Crippen molar-refractivity contribution < 1.29 is 24.2 Å². The monoisotopic (exact) mass is 298 g/mol. The number of imide groups is 1. The summed E-state index contributed by atoms with van der Waals surface area (Å²) in [7, 11) is 0. The van der Waals surface area contributed by atoms with E-state index in [0.29, 0.717) is 5.69 Å². The van der Waals surface area contributed by atoms with Crippen LogP contribution in [0.2, 0.25) is 0 Å². The van der Waals surface area contributed by atoms with Crippen molar-refractivity contribution in [1.82, 2.24) is 0 Å². The molecule has 2 fully saturated rings. The molecule has 1 aromatic rings. The molecular weight excluding hydrogens is 286 g/mol. The van der Waals surface area contributed by atoms with Crippen LogP contribution >= 0.6 is 0 Å². The second kappa shape index (κ2) is 4.04. The van der Waals surface area contributed by atoms with Crippen LogP contribution in [0.3, 0.4) is 0 Å². The molecule has 0 spiro atoms. The summed E-state index contributed by atoms with van der Waals surface area (Å²) in [5, 5.41) is 10.8. The summed E-state index contributed by atoms with van der Waals surface area (Å²) in [5.41, 5.74) is -0.362. The first-order chi connectivity index (χ1) is 10.4. The summed E-state index contributed by atoms with van der Waals surface area (Å²) < 4.78 is 5.74. The van der Waals surface area contributed by atoms with Crippen LogP contribution in [-0.2, 0) is 14.3 Å². The molecule has 2 amide bonds. The van der Waals surface area contributed by atoms with E-state index in [1.165, 1.54) is 24.3 Å². The first-order valence-electron chi connectivity index (χ1n) is 6.99. The number of carboxylic acid groups (broad SMARTS) is 1. The molecule has 2 bridgehead atoms. The average molecular weight is 298 g/mol. The maximum absolute atomic E-state index is 12.7. The van der Waals surface area contributed by atoms with Gasteiger partial charge in [0, 0.05) is 0 Å². The summed E-state index contributed by atoms with van der Waals surface area (Å²) in [6, 6.07) is 5.54. The van der Waals surface area contributed by atoms with E-state index in [9.17, 15) is 19.5 Å². The Bertz CT molecular complexity index is 737. The van der Waals surface area contributed by atoms with Gasteiger partial charge >= 0.3 is 0 Å². The van der Waals surface area contributed by atoms with Crippen molar-refractivity contribution in [3.63, 3.8) is 0 Å². The molecule has 22 heavy (non-hydrogen) atoms. The topological polar surface area (TPSA) is 86.7 Å². The second-order valence-corrected chi connectivity index (χ2v) is 5.98. The normalized spacial score (nSPS) is 35.3. The van der Waals surface area contributed by atoms with Gasteiger partial charge in [0.1, 0.15) is 0 Å². The minimum atomic E-state index is -1.30. The zero-order valence-corrected chi connectivity index (χ0v) is 11.7. The van der Waals surface area contributed by atoms with Gasteiger partial charge in [-0.2, -0.15) is 0 Å². The van der Waals surface area contributed by atoms with Crippen molar-refractivity contribution in [3.05, 3.63) is 42.0 Å². The number of carboxylic acids is 1. The standard InChI is InChI=1S/C16H13NO5/c1-16-7-6-10(22-16)11-12(16)14(19)17(13(11)18)9-4-2-8(3-5-9)15(20)21/h2-7,10-12H,1H3,(H,20,21)/p-1/t10-,11-,12-,16+/m1/s1. The van der Waals surface area contributed by atoms with Crippen LogP contribution in [0.1, 0.15) is 17.3 Å². The van der Waals surface area contributed by atoms with Gasteiger partial charge in [0.2, 0.25) is 11.8 Å². The summed E-state index contributed by atoms with van der Waals surface area (Å²) in [6.45, 7) is 1.81. The van der Waals surface area contributed by atoms with E-state index in [1.54, 1.807) is 0 Å². The van der Waals surface area contributed by atoms with Gasteiger partial charge in [-0.25, -0.2) is 4.90 Å². The Balaban J connectivity index is 1.71. The highest BCUT2D eigenvalue weighted by Gasteiger charge is 2.65. The predicted octanol–water partition coefficient (Wildman–Crippen LogP) is -0.117. The van der Waals surface area contributed by atoms with E-state index >= 15 is 0 Å². The molecule has 0 saturated carbocycles. The molecule has 6 heteroatoms. The van der Waals surface area contributed by atoms with Crippen LogP contribution in [0.4, 0.5) is 5.69 Å². The van der Waals surface area contributed by atoms with Gasteiger partial charge in [0.05, 0.1) is 35.2 Å². The molecule has 1 aromatic carbocycles. The molecule has 3 heterocycles. The molecule has 4 atom stereocenters. The minimum Gasteiger partial charge on any atom is -0.545 e. The van der Waals surface area contributed by atoms with Crippen molar-refractivity contribution >= 4 is 23.5 Å². The van der Waals surface area contributed by atoms with Gasteiger partial charge in [0.25, 0.3) is 0 Å². The number of ether oxygens (including phenoxy) is 1. The molecule has 0 N–H and O–H groups in total. The largest absolute Gasteiger partial charge is 0.545 e.